The highest BCUT2D eigenvalue weighted by atomic mass is 14.6. The molecule has 0 nitrogen and oxygen atoms in total. The average molecular weight is 375 g/mol. The molecule has 0 N–H and O–H groups in total. The van der Waals surface area contributed by atoms with Crippen molar-refractivity contribution >= 4 is 0 Å². The molecule has 1 atom stereocenters. The molecular weight excluding hydrogens is 336 g/mol. The van der Waals surface area contributed by atoms with Gasteiger partial charge in [-0.2, -0.15) is 0 Å². The molecule has 150 valence electrons. The van der Waals surface area contributed by atoms with Crippen molar-refractivity contribution in [3.8, 4) is 0 Å². The molecule has 0 saturated heterocycles. The highest BCUT2D eigenvalue weighted by Gasteiger charge is 2.50. The summed E-state index contributed by atoms with van der Waals surface area (Å²) >= 11 is 0. The molecule has 0 aliphatic heterocycles. The van der Waals surface area contributed by atoms with E-state index in [1.807, 2.05) is 13.8 Å². The minimum Gasteiger partial charge on any atom is -0.0683 e. The minimum absolute atomic E-state index is 0.476. The first-order valence-electron chi connectivity index (χ1n) is 11.7. The van der Waals surface area contributed by atoms with Crippen LogP contribution in [0.25, 0.3) is 0 Å². The Labute approximate surface area is 172 Å². The highest BCUT2D eigenvalue weighted by Crippen LogP contribution is 2.61. The summed E-state index contributed by atoms with van der Waals surface area (Å²) in [5, 5.41) is 0. The molecular formula is C28H38. The Balaban J connectivity index is 0.000000932. The summed E-state index contributed by atoms with van der Waals surface area (Å²) in [5.41, 5.74) is 6.44. The predicted octanol–water partition coefficient (Wildman–Crippen LogP) is 7.93. The maximum Gasteiger partial charge on any atom is 0.00610 e. The van der Waals surface area contributed by atoms with Crippen LogP contribution in [-0.2, 0) is 6.42 Å². The maximum absolute atomic E-state index is 2.43. The Hall–Kier alpha value is -1.56. The Morgan fingerprint density at radius 1 is 0.750 bits per heavy atom. The summed E-state index contributed by atoms with van der Waals surface area (Å²) in [6, 6.07) is 18.7. The molecule has 0 heteroatoms. The maximum atomic E-state index is 2.43. The van der Waals surface area contributed by atoms with E-state index in [2.05, 4.69) is 62.4 Å². The molecule has 0 heterocycles. The van der Waals surface area contributed by atoms with Crippen LogP contribution in [-0.4, -0.2) is 0 Å². The molecule has 1 unspecified atom stereocenters. The van der Waals surface area contributed by atoms with Crippen molar-refractivity contribution in [2.45, 2.75) is 78.6 Å². The van der Waals surface area contributed by atoms with Crippen LogP contribution in [0.5, 0.6) is 0 Å². The summed E-state index contributed by atoms with van der Waals surface area (Å²) in [5.74, 6) is 3.65. The van der Waals surface area contributed by atoms with E-state index in [4.69, 9.17) is 0 Å². The molecule has 6 rings (SSSR count). The third-order valence-electron chi connectivity index (χ3n) is 7.80. The zero-order chi connectivity index (χ0) is 19.7. The van der Waals surface area contributed by atoms with Gasteiger partial charge in [-0.1, -0.05) is 74.9 Å². The quantitative estimate of drug-likeness (QED) is 0.509. The van der Waals surface area contributed by atoms with E-state index in [1.165, 1.54) is 42.4 Å². The lowest BCUT2D eigenvalue weighted by molar-refractivity contribution is -0.0521. The van der Waals surface area contributed by atoms with Gasteiger partial charge in [0.05, 0.1) is 0 Å². The van der Waals surface area contributed by atoms with Gasteiger partial charge in [-0.25, -0.2) is 0 Å². The second-order valence-corrected chi connectivity index (χ2v) is 9.97. The van der Waals surface area contributed by atoms with E-state index >= 15 is 0 Å². The van der Waals surface area contributed by atoms with Gasteiger partial charge in [-0.05, 0) is 91.7 Å². The Kier molecular flexibility index (Phi) is 5.68. The average Bonchev–Trinajstić information content (AvgIpc) is 2.69. The SMILES string of the molecule is CC.Cc1ccc(C(C)c2ccc(CC34CC5CC(CC(C5)C3)C4)cc2)cc1. The van der Waals surface area contributed by atoms with Crippen LogP contribution in [0.4, 0.5) is 0 Å². The van der Waals surface area contributed by atoms with Gasteiger partial charge in [0.2, 0.25) is 0 Å². The van der Waals surface area contributed by atoms with Crippen molar-refractivity contribution in [3.63, 3.8) is 0 Å². The van der Waals surface area contributed by atoms with Crippen LogP contribution >= 0.6 is 0 Å². The molecule has 4 saturated carbocycles. The molecule has 0 amide bonds. The zero-order valence-corrected chi connectivity index (χ0v) is 18.4. The largest absolute Gasteiger partial charge is 0.0683 e. The lowest BCUT2D eigenvalue weighted by Gasteiger charge is -2.57. The lowest BCUT2D eigenvalue weighted by Crippen LogP contribution is -2.47. The first-order chi connectivity index (χ1) is 13.6. The normalized spacial score (nSPS) is 31.2. The van der Waals surface area contributed by atoms with Gasteiger partial charge in [-0.3, -0.25) is 0 Å². The molecule has 4 fully saturated rings. The van der Waals surface area contributed by atoms with Crippen LogP contribution in [0.3, 0.4) is 0 Å². The number of hydrogen-bond acceptors (Lipinski definition) is 0. The first kappa shape index (κ1) is 19.7. The van der Waals surface area contributed by atoms with E-state index in [0.29, 0.717) is 11.3 Å². The molecule has 4 bridgehead atoms. The fourth-order valence-corrected chi connectivity index (χ4v) is 6.91. The van der Waals surface area contributed by atoms with Crippen molar-refractivity contribution < 1.29 is 0 Å². The second kappa shape index (κ2) is 8.05. The van der Waals surface area contributed by atoms with Crippen LogP contribution in [0, 0.1) is 30.1 Å². The third-order valence-corrected chi connectivity index (χ3v) is 7.80. The molecule has 4 aliphatic rings. The predicted molar refractivity (Wildman–Crippen MR) is 121 cm³/mol. The van der Waals surface area contributed by atoms with Crippen LogP contribution in [0.15, 0.2) is 48.5 Å². The van der Waals surface area contributed by atoms with Crippen LogP contribution in [0.1, 0.15) is 87.5 Å². The van der Waals surface area contributed by atoms with E-state index in [9.17, 15) is 0 Å². The number of hydrogen-bond donors (Lipinski definition) is 0. The topological polar surface area (TPSA) is 0 Å². The third kappa shape index (κ3) is 3.93. The summed E-state index contributed by atoms with van der Waals surface area (Å²) < 4.78 is 0. The number of rotatable bonds is 4. The summed E-state index contributed by atoms with van der Waals surface area (Å²) in [4.78, 5) is 0. The molecule has 0 spiro atoms. The Bertz CT molecular complexity index is 729. The van der Waals surface area contributed by atoms with Crippen LogP contribution in [0.2, 0.25) is 0 Å². The Morgan fingerprint density at radius 3 is 1.64 bits per heavy atom. The van der Waals surface area contributed by atoms with E-state index in [1.54, 1.807) is 24.8 Å². The van der Waals surface area contributed by atoms with Gasteiger partial charge in [0, 0.05) is 5.92 Å². The minimum atomic E-state index is 0.476. The van der Waals surface area contributed by atoms with Gasteiger partial charge >= 0.3 is 0 Å². The standard InChI is InChI=1S/C26H32.C2H6/c1-18-3-7-24(8-4-18)19(2)25-9-5-20(6-10-25)14-26-15-21-11-22(16-26)13-23(12-21)17-26;1-2/h3-10,19,21-23H,11-17H2,1-2H3;1-2H3. The monoisotopic (exact) mass is 374 g/mol. The fourth-order valence-electron chi connectivity index (χ4n) is 6.91. The smallest absolute Gasteiger partial charge is 0.00610 e. The summed E-state index contributed by atoms with van der Waals surface area (Å²) in [6.45, 7) is 8.49. The van der Waals surface area contributed by atoms with Crippen LogP contribution < -0.4 is 0 Å². The zero-order valence-electron chi connectivity index (χ0n) is 18.4. The van der Waals surface area contributed by atoms with Gasteiger partial charge < -0.3 is 0 Å². The Morgan fingerprint density at radius 2 is 1.18 bits per heavy atom. The van der Waals surface area contributed by atoms with Crippen molar-refractivity contribution in [1.82, 2.24) is 0 Å². The van der Waals surface area contributed by atoms with Crippen molar-refractivity contribution in [3.05, 3.63) is 70.8 Å². The fraction of sp³-hybridized carbons (Fsp3) is 0.571. The molecule has 0 aromatic heterocycles. The molecule has 2 aromatic rings. The van der Waals surface area contributed by atoms with Gasteiger partial charge in [0.15, 0.2) is 0 Å². The van der Waals surface area contributed by atoms with Crippen molar-refractivity contribution in [2.75, 3.05) is 0 Å². The highest BCUT2D eigenvalue weighted by molar-refractivity contribution is 5.35. The van der Waals surface area contributed by atoms with Crippen molar-refractivity contribution in [1.29, 1.82) is 0 Å². The lowest BCUT2D eigenvalue weighted by atomic mass is 9.48. The van der Waals surface area contributed by atoms with Gasteiger partial charge in [-0.15, -0.1) is 0 Å². The number of aryl methyl sites for hydroxylation is 1. The molecule has 4 aliphatic carbocycles. The van der Waals surface area contributed by atoms with E-state index in [0.717, 1.165) is 17.8 Å². The molecule has 0 radical (unpaired) electrons. The summed E-state index contributed by atoms with van der Waals surface area (Å²) in [6.07, 6.45) is 10.5. The van der Waals surface area contributed by atoms with Crippen molar-refractivity contribution in [2.24, 2.45) is 23.2 Å². The van der Waals surface area contributed by atoms with E-state index in [-0.39, 0.29) is 0 Å². The first-order valence-corrected chi connectivity index (χ1v) is 11.7. The second-order valence-electron chi connectivity index (χ2n) is 9.97. The number of benzene rings is 2. The molecule has 2 aromatic carbocycles. The van der Waals surface area contributed by atoms with Gasteiger partial charge in [0.25, 0.3) is 0 Å². The van der Waals surface area contributed by atoms with Gasteiger partial charge in [0.1, 0.15) is 0 Å². The van der Waals surface area contributed by atoms with E-state index < -0.39 is 0 Å². The summed E-state index contributed by atoms with van der Waals surface area (Å²) in [7, 11) is 0. The molecule has 28 heavy (non-hydrogen) atoms.